The number of hydrogen-bond donors (Lipinski definition) is 2. The van der Waals surface area contributed by atoms with E-state index in [0.717, 1.165) is 83.5 Å². The topological polar surface area (TPSA) is 85.6 Å². The number of halogens is 1. The zero-order chi connectivity index (χ0) is 17.7. The highest BCUT2D eigenvalue weighted by molar-refractivity contribution is 14.0. The lowest BCUT2D eigenvalue weighted by molar-refractivity contribution is -0.0318. The van der Waals surface area contributed by atoms with Crippen molar-refractivity contribution >= 4 is 29.9 Å². The Morgan fingerprint density at radius 2 is 2.15 bits per heavy atom. The van der Waals surface area contributed by atoms with E-state index in [-0.39, 0.29) is 24.0 Å². The number of aromatic nitrogens is 3. The molecule has 0 aromatic carbocycles. The van der Waals surface area contributed by atoms with Gasteiger partial charge in [0.15, 0.2) is 5.96 Å². The summed E-state index contributed by atoms with van der Waals surface area (Å²) in [7, 11) is 0. The lowest BCUT2D eigenvalue weighted by Gasteiger charge is -2.22. The first-order chi connectivity index (χ1) is 12.3. The van der Waals surface area contributed by atoms with Crippen molar-refractivity contribution in [3.8, 4) is 0 Å². The largest absolute Gasteiger partial charge is 0.381 e. The van der Waals surface area contributed by atoms with Crippen LogP contribution in [-0.2, 0) is 22.4 Å². The summed E-state index contributed by atoms with van der Waals surface area (Å²) in [6.45, 7) is 9.77. The minimum absolute atomic E-state index is 0. The van der Waals surface area contributed by atoms with Gasteiger partial charge in [-0.2, -0.15) is 0 Å². The number of ether oxygens (including phenoxy) is 2. The normalized spacial score (nSPS) is 15.5. The first-order valence-corrected chi connectivity index (χ1v) is 9.41. The fourth-order valence-corrected chi connectivity index (χ4v) is 2.72. The molecule has 0 atom stereocenters. The Bertz CT molecular complexity index is 505. The number of aryl methyl sites for hydroxylation is 1. The Labute approximate surface area is 173 Å². The van der Waals surface area contributed by atoms with Crippen LogP contribution in [0.4, 0.5) is 0 Å². The molecule has 2 heterocycles. The Morgan fingerprint density at radius 1 is 1.35 bits per heavy atom. The van der Waals surface area contributed by atoms with Gasteiger partial charge in [0.05, 0.1) is 6.10 Å². The van der Waals surface area contributed by atoms with Crippen LogP contribution in [0.2, 0.25) is 0 Å². The van der Waals surface area contributed by atoms with E-state index < -0.39 is 0 Å². The summed E-state index contributed by atoms with van der Waals surface area (Å²) in [4.78, 5) is 4.61. The number of guanidine groups is 1. The number of hydrogen-bond acceptors (Lipinski definition) is 5. The average Bonchev–Trinajstić information content (AvgIpc) is 3.10. The lowest BCUT2D eigenvalue weighted by atomic mass is 10.1. The van der Waals surface area contributed by atoms with E-state index in [1.54, 1.807) is 6.33 Å². The molecule has 1 saturated heterocycles. The molecule has 1 aliphatic heterocycles. The minimum Gasteiger partial charge on any atom is -0.381 e. The summed E-state index contributed by atoms with van der Waals surface area (Å²) in [5.41, 5.74) is 0. The average molecular weight is 480 g/mol. The van der Waals surface area contributed by atoms with Crippen LogP contribution in [-0.4, -0.2) is 66.3 Å². The van der Waals surface area contributed by atoms with E-state index in [2.05, 4.69) is 44.2 Å². The highest BCUT2D eigenvalue weighted by Crippen LogP contribution is 2.10. The molecule has 2 N–H and O–H groups in total. The van der Waals surface area contributed by atoms with Gasteiger partial charge in [-0.3, -0.25) is 4.99 Å². The van der Waals surface area contributed by atoms with Crippen LogP contribution in [0.5, 0.6) is 0 Å². The zero-order valence-corrected chi connectivity index (χ0v) is 18.3. The molecule has 0 unspecified atom stereocenters. The van der Waals surface area contributed by atoms with Gasteiger partial charge in [-0.25, -0.2) is 0 Å². The van der Waals surface area contributed by atoms with Gasteiger partial charge >= 0.3 is 0 Å². The van der Waals surface area contributed by atoms with E-state index >= 15 is 0 Å². The van der Waals surface area contributed by atoms with E-state index in [1.807, 2.05) is 0 Å². The number of aliphatic imine (C=N–C) groups is 1. The molecular formula is C17H33IN6O2. The molecule has 0 spiro atoms. The third-order valence-electron chi connectivity index (χ3n) is 4.10. The third kappa shape index (κ3) is 8.63. The summed E-state index contributed by atoms with van der Waals surface area (Å²) in [5.74, 6) is 1.86. The standard InChI is InChI=1S/C17H32N6O2.HI/c1-3-16-22-21-14-23(16)10-9-20-17(18-4-2)19-8-5-11-25-15-6-12-24-13-7-15;/h14-15H,3-13H2,1-2H3,(H2,18,19,20);1H. The molecule has 1 aromatic heterocycles. The van der Waals surface area contributed by atoms with Gasteiger partial charge in [-0.1, -0.05) is 6.92 Å². The van der Waals surface area contributed by atoms with Crippen LogP contribution < -0.4 is 10.6 Å². The SMILES string of the molecule is CCNC(=NCCCOC1CCOCC1)NCCn1cnnc1CC.I. The summed E-state index contributed by atoms with van der Waals surface area (Å²) in [6.07, 6.45) is 5.98. The quantitative estimate of drug-likeness (QED) is 0.229. The Hall–Kier alpha value is -0.940. The van der Waals surface area contributed by atoms with Crippen molar-refractivity contribution in [2.75, 3.05) is 39.5 Å². The second-order valence-corrected chi connectivity index (χ2v) is 6.02. The molecule has 1 aromatic rings. The van der Waals surface area contributed by atoms with Gasteiger partial charge < -0.3 is 24.7 Å². The summed E-state index contributed by atoms with van der Waals surface area (Å²) in [5, 5.41) is 14.7. The van der Waals surface area contributed by atoms with E-state index in [9.17, 15) is 0 Å². The Morgan fingerprint density at radius 3 is 2.88 bits per heavy atom. The monoisotopic (exact) mass is 480 g/mol. The lowest BCUT2D eigenvalue weighted by Crippen LogP contribution is -2.39. The number of rotatable bonds is 10. The van der Waals surface area contributed by atoms with Crippen molar-refractivity contribution in [2.45, 2.75) is 52.2 Å². The van der Waals surface area contributed by atoms with E-state index in [0.29, 0.717) is 6.10 Å². The number of nitrogens with zero attached hydrogens (tertiary/aromatic N) is 4. The summed E-state index contributed by atoms with van der Waals surface area (Å²) < 4.78 is 13.3. The molecule has 0 bridgehead atoms. The van der Waals surface area contributed by atoms with Crippen LogP contribution in [0.3, 0.4) is 0 Å². The Kier molecular flexibility index (Phi) is 12.6. The number of nitrogens with one attached hydrogen (secondary N) is 2. The van der Waals surface area contributed by atoms with Gasteiger partial charge in [0, 0.05) is 52.4 Å². The molecule has 0 aliphatic carbocycles. The molecule has 0 saturated carbocycles. The molecule has 0 radical (unpaired) electrons. The second-order valence-electron chi connectivity index (χ2n) is 6.02. The first kappa shape index (κ1) is 23.1. The van der Waals surface area contributed by atoms with Gasteiger partial charge in [-0.05, 0) is 26.2 Å². The molecule has 0 amide bonds. The molecular weight excluding hydrogens is 447 g/mol. The fraction of sp³-hybridized carbons (Fsp3) is 0.824. The predicted molar refractivity (Wildman–Crippen MR) is 113 cm³/mol. The first-order valence-electron chi connectivity index (χ1n) is 9.41. The molecule has 150 valence electrons. The molecule has 26 heavy (non-hydrogen) atoms. The maximum absolute atomic E-state index is 5.87. The van der Waals surface area contributed by atoms with Crippen molar-refractivity contribution < 1.29 is 9.47 Å². The highest BCUT2D eigenvalue weighted by Gasteiger charge is 2.13. The summed E-state index contributed by atoms with van der Waals surface area (Å²) >= 11 is 0. The van der Waals surface area contributed by atoms with Crippen molar-refractivity contribution in [1.82, 2.24) is 25.4 Å². The van der Waals surface area contributed by atoms with Crippen LogP contribution in [0.25, 0.3) is 0 Å². The molecule has 1 fully saturated rings. The maximum Gasteiger partial charge on any atom is 0.191 e. The molecule has 9 heteroatoms. The van der Waals surface area contributed by atoms with Crippen LogP contribution in [0.15, 0.2) is 11.3 Å². The van der Waals surface area contributed by atoms with Gasteiger partial charge in [-0.15, -0.1) is 34.2 Å². The smallest absolute Gasteiger partial charge is 0.191 e. The second kappa shape index (κ2) is 14.2. The minimum atomic E-state index is 0. The van der Waals surface area contributed by atoms with Crippen molar-refractivity contribution in [2.24, 2.45) is 4.99 Å². The van der Waals surface area contributed by atoms with Crippen molar-refractivity contribution in [3.05, 3.63) is 12.2 Å². The van der Waals surface area contributed by atoms with Gasteiger partial charge in [0.25, 0.3) is 0 Å². The fourth-order valence-electron chi connectivity index (χ4n) is 2.72. The van der Waals surface area contributed by atoms with E-state index in [1.165, 1.54) is 0 Å². The Balaban J connectivity index is 0.00000338. The molecule has 2 rings (SSSR count). The van der Waals surface area contributed by atoms with Crippen LogP contribution >= 0.6 is 24.0 Å². The van der Waals surface area contributed by atoms with Crippen molar-refractivity contribution in [1.29, 1.82) is 0 Å². The van der Waals surface area contributed by atoms with Gasteiger partial charge in [0.2, 0.25) is 0 Å². The summed E-state index contributed by atoms with van der Waals surface area (Å²) in [6, 6.07) is 0. The van der Waals surface area contributed by atoms with E-state index in [4.69, 9.17) is 9.47 Å². The molecule has 8 nitrogen and oxygen atoms in total. The predicted octanol–water partition coefficient (Wildman–Crippen LogP) is 1.60. The van der Waals surface area contributed by atoms with Gasteiger partial charge in [0.1, 0.15) is 12.2 Å². The zero-order valence-electron chi connectivity index (χ0n) is 15.9. The highest BCUT2D eigenvalue weighted by atomic mass is 127. The third-order valence-corrected chi connectivity index (χ3v) is 4.10. The van der Waals surface area contributed by atoms with Crippen LogP contribution in [0.1, 0.15) is 38.9 Å². The van der Waals surface area contributed by atoms with Crippen LogP contribution in [0, 0.1) is 0 Å². The molecule has 1 aliphatic rings. The maximum atomic E-state index is 5.87. The van der Waals surface area contributed by atoms with Crippen molar-refractivity contribution in [3.63, 3.8) is 0 Å².